The zero-order valence-electron chi connectivity index (χ0n) is 11.0. The fourth-order valence-corrected chi connectivity index (χ4v) is 1.52. The molecule has 1 atom stereocenters. The van der Waals surface area contributed by atoms with Crippen LogP contribution < -0.4 is 15.8 Å². The summed E-state index contributed by atoms with van der Waals surface area (Å²) in [6.07, 6.45) is 0.373. The second-order valence-corrected chi connectivity index (χ2v) is 4.24. The minimum atomic E-state index is -0.876. The van der Waals surface area contributed by atoms with Crippen molar-refractivity contribution in [3.8, 4) is 5.75 Å². The monoisotopic (exact) mass is 266 g/mol. The Hall–Kier alpha value is -2.24. The third-order valence-electron chi connectivity index (χ3n) is 2.75. The number of hydrogen-bond acceptors (Lipinski definition) is 4. The number of hydrogen-bond donors (Lipinski definition) is 3. The Kier molecular flexibility index (Phi) is 5.17. The van der Waals surface area contributed by atoms with Crippen LogP contribution in [-0.2, 0) is 4.79 Å². The summed E-state index contributed by atoms with van der Waals surface area (Å²) < 4.78 is 5.08. The smallest absolute Gasteiger partial charge is 0.306 e. The molecule has 1 aromatic rings. The van der Waals surface area contributed by atoms with Gasteiger partial charge in [-0.15, -0.1) is 0 Å². The van der Waals surface area contributed by atoms with Crippen molar-refractivity contribution in [2.24, 2.45) is 5.92 Å². The van der Waals surface area contributed by atoms with Gasteiger partial charge in [0.2, 0.25) is 0 Å². The van der Waals surface area contributed by atoms with Gasteiger partial charge < -0.3 is 20.9 Å². The zero-order chi connectivity index (χ0) is 14.4. The molecule has 0 spiro atoms. The van der Waals surface area contributed by atoms with Crippen LogP contribution in [-0.4, -0.2) is 30.6 Å². The number of anilines is 1. The van der Waals surface area contributed by atoms with Crippen molar-refractivity contribution in [2.45, 2.75) is 13.3 Å². The van der Waals surface area contributed by atoms with Crippen LogP contribution in [0, 0.1) is 5.92 Å². The maximum Gasteiger partial charge on any atom is 0.306 e. The van der Waals surface area contributed by atoms with Gasteiger partial charge in [-0.1, -0.05) is 6.92 Å². The Labute approximate surface area is 111 Å². The number of benzene rings is 1. The van der Waals surface area contributed by atoms with E-state index in [0.717, 1.165) is 0 Å². The van der Waals surface area contributed by atoms with Gasteiger partial charge in [0.15, 0.2) is 0 Å². The van der Waals surface area contributed by atoms with Crippen LogP contribution in [0.3, 0.4) is 0 Å². The highest BCUT2D eigenvalue weighted by Gasteiger charge is 2.14. The first kappa shape index (κ1) is 14.8. The summed E-state index contributed by atoms with van der Waals surface area (Å²) in [6.45, 7) is 1.89. The summed E-state index contributed by atoms with van der Waals surface area (Å²) in [7, 11) is 1.46. The summed E-state index contributed by atoms with van der Waals surface area (Å²) in [4.78, 5) is 22.5. The van der Waals surface area contributed by atoms with E-state index < -0.39 is 11.9 Å². The van der Waals surface area contributed by atoms with Gasteiger partial charge in [0.05, 0.1) is 18.6 Å². The molecule has 0 saturated carbocycles. The van der Waals surface area contributed by atoms with E-state index in [1.807, 2.05) is 0 Å². The Morgan fingerprint density at radius 2 is 2.16 bits per heavy atom. The Balaban J connectivity index is 2.61. The molecular formula is C13H18N2O4. The van der Waals surface area contributed by atoms with Crippen LogP contribution in [0.25, 0.3) is 0 Å². The molecule has 19 heavy (non-hydrogen) atoms. The van der Waals surface area contributed by atoms with Gasteiger partial charge in [0.1, 0.15) is 5.75 Å². The van der Waals surface area contributed by atoms with Crippen LogP contribution in [0.1, 0.15) is 23.7 Å². The standard InChI is InChI=1S/C13H18N2O4/c1-8(13(17)18)5-6-15-12(16)10-4-3-9(14)7-11(10)19-2/h3-4,7-8H,5-6,14H2,1-2H3,(H,15,16)(H,17,18). The number of nitrogen functional groups attached to an aromatic ring is 1. The summed E-state index contributed by atoms with van der Waals surface area (Å²) in [5.74, 6) is -1.29. The molecule has 1 unspecified atom stereocenters. The summed E-state index contributed by atoms with van der Waals surface area (Å²) in [5.41, 5.74) is 6.48. The molecule has 0 aliphatic rings. The molecule has 0 saturated heterocycles. The molecule has 0 fully saturated rings. The normalized spacial score (nSPS) is 11.7. The molecule has 0 heterocycles. The van der Waals surface area contributed by atoms with Crippen molar-refractivity contribution in [1.82, 2.24) is 5.32 Å². The molecule has 1 rings (SSSR count). The fourth-order valence-electron chi connectivity index (χ4n) is 1.52. The molecule has 0 aliphatic carbocycles. The van der Waals surface area contributed by atoms with Crippen LogP contribution in [0.5, 0.6) is 5.75 Å². The lowest BCUT2D eigenvalue weighted by Gasteiger charge is -2.11. The van der Waals surface area contributed by atoms with Crippen LogP contribution in [0.4, 0.5) is 5.69 Å². The largest absolute Gasteiger partial charge is 0.496 e. The minimum absolute atomic E-state index is 0.291. The van der Waals surface area contributed by atoms with Gasteiger partial charge in [-0.3, -0.25) is 9.59 Å². The number of carbonyl (C=O) groups is 2. The summed E-state index contributed by atoms with van der Waals surface area (Å²) in [6, 6.07) is 4.75. The van der Waals surface area contributed by atoms with E-state index in [-0.39, 0.29) is 5.91 Å². The fraction of sp³-hybridized carbons (Fsp3) is 0.385. The molecule has 0 aromatic heterocycles. The van der Waals surface area contributed by atoms with Crippen molar-refractivity contribution in [2.75, 3.05) is 19.4 Å². The Morgan fingerprint density at radius 3 is 2.74 bits per heavy atom. The predicted molar refractivity (Wildman–Crippen MR) is 71.2 cm³/mol. The molecule has 104 valence electrons. The molecule has 0 bridgehead atoms. The molecule has 6 nitrogen and oxygen atoms in total. The van der Waals surface area contributed by atoms with Crippen molar-refractivity contribution in [3.63, 3.8) is 0 Å². The third kappa shape index (κ3) is 4.17. The van der Waals surface area contributed by atoms with Crippen molar-refractivity contribution < 1.29 is 19.4 Å². The van der Waals surface area contributed by atoms with Gasteiger partial charge in [-0.2, -0.15) is 0 Å². The number of nitrogens with two attached hydrogens (primary N) is 1. The van der Waals surface area contributed by atoms with Crippen LogP contribution in [0.2, 0.25) is 0 Å². The van der Waals surface area contributed by atoms with E-state index in [2.05, 4.69) is 5.32 Å². The number of amides is 1. The number of nitrogens with one attached hydrogen (secondary N) is 1. The molecular weight excluding hydrogens is 248 g/mol. The predicted octanol–water partition coefficient (Wildman–Crippen LogP) is 1.12. The van der Waals surface area contributed by atoms with Crippen molar-refractivity contribution in [3.05, 3.63) is 23.8 Å². The highest BCUT2D eigenvalue weighted by Crippen LogP contribution is 2.21. The average Bonchev–Trinajstić information content (AvgIpc) is 2.37. The van der Waals surface area contributed by atoms with Gasteiger partial charge in [0.25, 0.3) is 5.91 Å². The van der Waals surface area contributed by atoms with Gasteiger partial charge >= 0.3 is 5.97 Å². The number of methoxy groups -OCH3 is 1. The molecule has 0 radical (unpaired) electrons. The van der Waals surface area contributed by atoms with Crippen LogP contribution >= 0.6 is 0 Å². The lowest BCUT2D eigenvalue weighted by molar-refractivity contribution is -0.141. The average molecular weight is 266 g/mol. The number of carboxylic acids is 1. The Bertz CT molecular complexity index is 474. The maximum absolute atomic E-state index is 11.9. The first-order valence-electron chi connectivity index (χ1n) is 5.90. The van der Waals surface area contributed by atoms with Gasteiger partial charge in [0, 0.05) is 18.3 Å². The first-order valence-corrected chi connectivity index (χ1v) is 5.90. The maximum atomic E-state index is 11.9. The number of carbonyl (C=O) groups excluding carboxylic acids is 1. The molecule has 1 amide bonds. The summed E-state index contributed by atoms with van der Waals surface area (Å²) in [5, 5.41) is 11.4. The topological polar surface area (TPSA) is 102 Å². The van der Waals surface area contributed by atoms with E-state index in [4.69, 9.17) is 15.6 Å². The SMILES string of the molecule is COc1cc(N)ccc1C(=O)NCCC(C)C(=O)O. The van der Waals surface area contributed by atoms with Gasteiger partial charge in [-0.05, 0) is 18.6 Å². The summed E-state index contributed by atoms with van der Waals surface area (Å²) >= 11 is 0. The van der Waals surface area contributed by atoms with E-state index in [1.54, 1.807) is 25.1 Å². The molecule has 1 aromatic carbocycles. The second-order valence-electron chi connectivity index (χ2n) is 4.24. The lowest BCUT2D eigenvalue weighted by Crippen LogP contribution is -2.27. The molecule has 0 aliphatic heterocycles. The minimum Gasteiger partial charge on any atom is -0.496 e. The second kappa shape index (κ2) is 6.63. The number of aliphatic carboxylic acids is 1. The molecule has 4 N–H and O–H groups in total. The number of ether oxygens (including phenoxy) is 1. The van der Waals surface area contributed by atoms with Crippen molar-refractivity contribution in [1.29, 1.82) is 0 Å². The highest BCUT2D eigenvalue weighted by atomic mass is 16.5. The lowest BCUT2D eigenvalue weighted by atomic mass is 10.1. The zero-order valence-corrected chi connectivity index (χ0v) is 11.0. The van der Waals surface area contributed by atoms with E-state index in [9.17, 15) is 9.59 Å². The number of rotatable bonds is 6. The first-order chi connectivity index (χ1) is 8.95. The van der Waals surface area contributed by atoms with E-state index in [0.29, 0.717) is 30.0 Å². The number of carboxylic acid groups (broad SMARTS) is 1. The molecule has 6 heteroatoms. The van der Waals surface area contributed by atoms with Crippen molar-refractivity contribution >= 4 is 17.6 Å². The van der Waals surface area contributed by atoms with Crippen LogP contribution in [0.15, 0.2) is 18.2 Å². The van der Waals surface area contributed by atoms with E-state index in [1.165, 1.54) is 7.11 Å². The van der Waals surface area contributed by atoms with Gasteiger partial charge in [-0.25, -0.2) is 0 Å². The highest BCUT2D eigenvalue weighted by molar-refractivity contribution is 5.97. The third-order valence-corrected chi connectivity index (χ3v) is 2.75. The van der Waals surface area contributed by atoms with E-state index >= 15 is 0 Å². The quantitative estimate of drug-likeness (QED) is 0.670. The Morgan fingerprint density at radius 1 is 1.47 bits per heavy atom.